The van der Waals surface area contributed by atoms with Crippen LogP contribution in [0.5, 0.6) is 5.75 Å². The summed E-state index contributed by atoms with van der Waals surface area (Å²) in [7, 11) is 1.60. The lowest BCUT2D eigenvalue weighted by Gasteiger charge is -2.10. The van der Waals surface area contributed by atoms with Crippen molar-refractivity contribution in [3.8, 4) is 17.1 Å². The van der Waals surface area contributed by atoms with Gasteiger partial charge in [-0.25, -0.2) is 5.43 Å². The van der Waals surface area contributed by atoms with Gasteiger partial charge in [0.05, 0.1) is 36.6 Å². The zero-order valence-electron chi connectivity index (χ0n) is 20.6. The zero-order chi connectivity index (χ0) is 27.0. The Balaban J connectivity index is 1.33. The van der Waals surface area contributed by atoms with E-state index < -0.39 is 4.92 Å². The molecule has 0 radical (unpaired) electrons. The summed E-state index contributed by atoms with van der Waals surface area (Å²) in [5, 5.41) is 21.7. The van der Waals surface area contributed by atoms with Gasteiger partial charge in [-0.2, -0.15) is 20.1 Å². The van der Waals surface area contributed by atoms with Gasteiger partial charge in [0.1, 0.15) is 23.0 Å². The number of nitrogens with one attached hydrogen (secondary N) is 3. The number of aromatic nitrogens is 3. The Morgan fingerprint density at radius 3 is 2.54 bits per heavy atom. The number of hydrogen-bond acceptors (Lipinski definition) is 12. The number of furan rings is 2. The lowest BCUT2D eigenvalue weighted by Crippen LogP contribution is -2.09. The predicted molar refractivity (Wildman–Crippen MR) is 144 cm³/mol. The van der Waals surface area contributed by atoms with E-state index in [4.69, 9.17) is 13.6 Å². The molecular weight excluding hydrogens is 504 g/mol. The summed E-state index contributed by atoms with van der Waals surface area (Å²) in [5.41, 5.74) is 3.83. The number of rotatable bonds is 11. The molecule has 3 heterocycles. The summed E-state index contributed by atoms with van der Waals surface area (Å²) >= 11 is 0. The van der Waals surface area contributed by atoms with Crippen LogP contribution in [0.2, 0.25) is 0 Å². The Kier molecular flexibility index (Phi) is 7.39. The van der Waals surface area contributed by atoms with Gasteiger partial charge in [0, 0.05) is 11.8 Å². The second-order valence-corrected chi connectivity index (χ2v) is 7.94. The minimum atomic E-state index is -0.455. The van der Waals surface area contributed by atoms with Crippen LogP contribution in [0.3, 0.4) is 0 Å². The third-order valence-corrected chi connectivity index (χ3v) is 5.33. The molecule has 13 heteroatoms. The van der Waals surface area contributed by atoms with Gasteiger partial charge in [-0.15, -0.1) is 0 Å². The summed E-state index contributed by atoms with van der Waals surface area (Å²) in [6.45, 7) is 0.364. The molecule has 13 nitrogen and oxygen atoms in total. The summed E-state index contributed by atoms with van der Waals surface area (Å²) in [4.78, 5) is 24.0. The van der Waals surface area contributed by atoms with Crippen molar-refractivity contribution < 1.29 is 18.5 Å². The van der Waals surface area contributed by atoms with Crippen molar-refractivity contribution in [1.29, 1.82) is 0 Å². The molecule has 2 aromatic carbocycles. The van der Waals surface area contributed by atoms with Crippen LogP contribution in [0.15, 0.2) is 93.0 Å². The molecule has 0 spiro atoms. The number of hydrazone groups is 1. The predicted octanol–water partition coefficient (Wildman–Crippen LogP) is 5.44. The topological polar surface area (TPSA) is 166 Å². The molecule has 0 bridgehead atoms. The number of hydrogen-bond donors (Lipinski definition) is 3. The lowest BCUT2D eigenvalue weighted by atomic mass is 10.1. The first kappa shape index (κ1) is 25.0. The fraction of sp³-hybridized carbons (Fsp3) is 0.0769. The van der Waals surface area contributed by atoms with E-state index in [0.717, 1.165) is 11.4 Å². The minimum Gasteiger partial charge on any atom is -0.497 e. The van der Waals surface area contributed by atoms with Crippen molar-refractivity contribution in [2.24, 2.45) is 5.10 Å². The van der Waals surface area contributed by atoms with Crippen molar-refractivity contribution in [2.75, 3.05) is 23.2 Å². The van der Waals surface area contributed by atoms with E-state index in [0.29, 0.717) is 29.4 Å². The first-order valence-electron chi connectivity index (χ1n) is 11.6. The van der Waals surface area contributed by atoms with Gasteiger partial charge in [-0.05, 0) is 54.6 Å². The van der Waals surface area contributed by atoms with E-state index in [1.165, 1.54) is 12.3 Å². The number of ether oxygens (including phenoxy) is 1. The smallest absolute Gasteiger partial charge is 0.280 e. The number of nitro benzene ring substituents is 1. The molecule has 0 fully saturated rings. The Bertz CT molecular complexity index is 1580. The van der Waals surface area contributed by atoms with Crippen LogP contribution >= 0.6 is 0 Å². The van der Waals surface area contributed by atoms with Gasteiger partial charge in [-0.3, -0.25) is 10.1 Å². The number of methoxy groups -OCH3 is 1. The fourth-order valence-corrected chi connectivity index (χ4v) is 3.51. The maximum atomic E-state index is 11.3. The molecule has 196 valence electrons. The molecule has 0 amide bonds. The first-order chi connectivity index (χ1) is 19.1. The Morgan fingerprint density at radius 1 is 0.974 bits per heavy atom. The average Bonchev–Trinajstić information content (AvgIpc) is 3.65. The van der Waals surface area contributed by atoms with Crippen LogP contribution in [-0.2, 0) is 6.54 Å². The van der Waals surface area contributed by atoms with Crippen LogP contribution in [0.25, 0.3) is 11.3 Å². The quantitative estimate of drug-likeness (QED) is 0.114. The number of nitrogens with zero attached hydrogens (tertiary/aromatic N) is 5. The molecular formula is C26H22N8O5. The first-order valence-corrected chi connectivity index (χ1v) is 11.6. The van der Waals surface area contributed by atoms with Crippen LogP contribution in [0.4, 0.5) is 29.2 Å². The monoisotopic (exact) mass is 526 g/mol. The largest absolute Gasteiger partial charge is 0.497 e. The third kappa shape index (κ3) is 6.35. The molecule has 0 saturated heterocycles. The van der Waals surface area contributed by atoms with Gasteiger partial charge < -0.3 is 24.2 Å². The van der Waals surface area contributed by atoms with Gasteiger partial charge in [0.15, 0.2) is 0 Å². The summed E-state index contributed by atoms with van der Waals surface area (Å²) in [6.07, 6.45) is 2.99. The van der Waals surface area contributed by atoms with Gasteiger partial charge in [0.25, 0.3) is 5.69 Å². The van der Waals surface area contributed by atoms with Crippen molar-refractivity contribution in [1.82, 2.24) is 15.0 Å². The summed E-state index contributed by atoms with van der Waals surface area (Å²) in [6, 6.07) is 20.5. The highest BCUT2D eigenvalue weighted by atomic mass is 16.6. The second-order valence-electron chi connectivity index (χ2n) is 7.94. The molecule has 0 aliphatic heterocycles. The van der Waals surface area contributed by atoms with Gasteiger partial charge in [-0.1, -0.05) is 12.1 Å². The van der Waals surface area contributed by atoms with E-state index in [1.807, 2.05) is 30.3 Å². The third-order valence-electron chi connectivity index (χ3n) is 5.33. The van der Waals surface area contributed by atoms with Crippen LogP contribution in [0, 0.1) is 10.1 Å². The Morgan fingerprint density at radius 2 is 1.77 bits per heavy atom. The van der Waals surface area contributed by atoms with E-state index in [-0.39, 0.29) is 23.5 Å². The maximum Gasteiger partial charge on any atom is 0.280 e. The van der Waals surface area contributed by atoms with E-state index in [2.05, 4.69) is 36.1 Å². The Labute approximate surface area is 221 Å². The van der Waals surface area contributed by atoms with Gasteiger partial charge in [0.2, 0.25) is 17.8 Å². The SMILES string of the molecule is COc1ccc(Nc2nc(NCc3ccco3)nc(N/N=C\c3ccc(-c4ccccc4[N+](=O)[O-])o3)n2)cc1. The highest BCUT2D eigenvalue weighted by Crippen LogP contribution is 2.30. The highest BCUT2D eigenvalue weighted by Gasteiger charge is 2.17. The Hall–Kier alpha value is -5.72. The van der Waals surface area contributed by atoms with Crippen molar-refractivity contribution in [2.45, 2.75) is 6.54 Å². The molecule has 5 aromatic rings. The van der Waals surface area contributed by atoms with E-state index in [1.54, 1.807) is 49.8 Å². The van der Waals surface area contributed by atoms with Crippen molar-refractivity contribution >= 4 is 35.4 Å². The molecule has 3 N–H and O–H groups in total. The summed E-state index contributed by atoms with van der Waals surface area (Å²) in [5.74, 6) is 2.86. The van der Waals surface area contributed by atoms with Crippen LogP contribution < -0.4 is 20.8 Å². The molecule has 0 aliphatic rings. The second kappa shape index (κ2) is 11.6. The van der Waals surface area contributed by atoms with Crippen molar-refractivity contribution in [3.63, 3.8) is 0 Å². The van der Waals surface area contributed by atoms with E-state index >= 15 is 0 Å². The molecule has 39 heavy (non-hydrogen) atoms. The molecule has 0 aliphatic carbocycles. The van der Waals surface area contributed by atoms with E-state index in [9.17, 15) is 10.1 Å². The normalized spacial score (nSPS) is 10.9. The molecule has 5 rings (SSSR count). The minimum absolute atomic E-state index is 0.0508. The zero-order valence-corrected chi connectivity index (χ0v) is 20.6. The molecule has 0 unspecified atom stereocenters. The van der Waals surface area contributed by atoms with Crippen molar-refractivity contribution in [3.05, 3.63) is 101 Å². The molecule has 0 saturated carbocycles. The number of anilines is 4. The highest BCUT2D eigenvalue weighted by molar-refractivity contribution is 5.79. The summed E-state index contributed by atoms with van der Waals surface area (Å²) < 4.78 is 16.3. The van der Waals surface area contributed by atoms with Gasteiger partial charge >= 0.3 is 0 Å². The standard InChI is InChI=1S/C26H22N8O5/c1-37-18-10-8-17(9-11-18)29-25-30-24(27-15-19-5-4-14-38-19)31-26(32-25)33-28-16-20-12-13-23(39-20)21-6-2-3-7-22(21)34(35)36/h2-14,16H,15H2,1H3,(H3,27,29,30,31,32,33)/b28-16-. The maximum absolute atomic E-state index is 11.3. The number of nitro groups is 1. The van der Waals surface area contributed by atoms with Crippen LogP contribution in [-0.4, -0.2) is 33.2 Å². The molecule has 3 aromatic heterocycles. The lowest BCUT2D eigenvalue weighted by molar-refractivity contribution is -0.384. The fourth-order valence-electron chi connectivity index (χ4n) is 3.51. The number of para-hydroxylation sites is 1. The molecule has 0 atom stereocenters. The average molecular weight is 527 g/mol. The van der Waals surface area contributed by atoms with Crippen LogP contribution in [0.1, 0.15) is 11.5 Å². The number of benzene rings is 2.